The van der Waals surface area contributed by atoms with Crippen molar-refractivity contribution in [2.24, 2.45) is 0 Å². The van der Waals surface area contributed by atoms with Crippen LogP contribution in [-0.4, -0.2) is 29.5 Å². The van der Waals surface area contributed by atoms with E-state index in [0.29, 0.717) is 11.7 Å². The fourth-order valence-corrected chi connectivity index (χ4v) is 3.62. The molecule has 0 bridgehead atoms. The van der Waals surface area contributed by atoms with Gasteiger partial charge in [0.15, 0.2) is 12.3 Å². The van der Waals surface area contributed by atoms with E-state index in [0.717, 1.165) is 29.7 Å². The van der Waals surface area contributed by atoms with Crippen molar-refractivity contribution >= 4 is 17.6 Å². The quantitative estimate of drug-likeness (QED) is 0.625. The number of hydrogen-bond donors (Lipinski definition) is 0. The number of esters is 1. The fraction of sp³-hybridized carbons (Fsp3) is 0.261. The van der Waals surface area contributed by atoms with Crippen LogP contribution in [0.1, 0.15) is 35.2 Å². The minimum absolute atomic E-state index is 0.0505. The number of amides is 1. The van der Waals surface area contributed by atoms with Gasteiger partial charge in [0.2, 0.25) is 5.89 Å². The van der Waals surface area contributed by atoms with Crippen molar-refractivity contribution in [3.05, 3.63) is 71.6 Å². The van der Waals surface area contributed by atoms with Gasteiger partial charge in [0.1, 0.15) is 5.76 Å². The number of nitrogens with zero attached hydrogens (tertiary/aromatic N) is 2. The highest BCUT2D eigenvalue weighted by atomic mass is 16.5. The summed E-state index contributed by atoms with van der Waals surface area (Å²) >= 11 is 0. The van der Waals surface area contributed by atoms with E-state index in [2.05, 4.69) is 4.98 Å². The Morgan fingerprint density at radius 1 is 1.14 bits per heavy atom. The molecule has 6 heteroatoms. The highest BCUT2D eigenvalue weighted by Gasteiger charge is 2.29. The zero-order valence-electron chi connectivity index (χ0n) is 16.4. The molecule has 3 aromatic rings. The lowest BCUT2D eigenvalue weighted by Crippen LogP contribution is -2.44. The van der Waals surface area contributed by atoms with Crippen LogP contribution in [0.5, 0.6) is 0 Å². The van der Waals surface area contributed by atoms with Crippen LogP contribution in [0.25, 0.3) is 11.5 Å². The summed E-state index contributed by atoms with van der Waals surface area (Å²) in [6.45, 7) is 3.31. The number of carbonyl (C=O) groups is 2. The molecule has 1 aromatic heterocycles. The molecule has 0 N–H and O–H groups in total. The van der Waals surface area contributed by atoms with Gasteiger partial charge in [0.25, 0.3) is 5.91 Å². The maximum Gasteiger partial charge on any atom is 0.361 e. The lowest BCUT2D eigenvalue weighted by molar-refractivity contribution is -0.122. The molecule has 2 aromatic carbocycles. The summed E-state index contributed by atoms with van der Waals surface area (Å²) in [7, 11) is 0. The van der Waals surface area contributed by atoms with Crippen molar-refractivity contribution in [2.45, 2.75) is 32.7 Å². The van der Waals surface area contributed by atoms with Gasteiger partial charge in [-0.3, -0.25) is 4.79 Å². The Hall–Kier alpha value is -3.41. The highest BCUT2D eigenvalue weighted by Crippen LogP contribution is 2.30. The molecule has 6 nitrogen and oxygen atoms in total. The molecule has 1 aliphatic heterocycles. The SMILES string of the molecule is Cc1oc(-c2ccccc2)nc1C(=O)OCC(=O)N1c2ccccc2CC[C@@H]1C. The number of aromatic nitrogens is 1. The lowest BCUT2D eigenvalue weighted by Gasteiger charge is -2.35. The van der Waals surface area contributed by atoms with Crippen molar-refractivity contribution in [1.29, 1.82) is 0 Å². The summed E-state index contributed by atoms with van der Waals surface area (Å²) in [5.41, 5.74) is 2.87. The molecule has 0 unspecified atom stereocenters. The second-order valence-corrected chi connectivity index (χ2v) is 7.15. The Balaban J connectivity index is 1.47. The van der Waals surface area contributed by atoms with Crippen molar-refractivity contribution in [2.75, 3.05) is 11.5 Å². The maximum atomic E-state index is 12.8. The smallest absolute Gasteiger partial charge is 0.361 e. The van der Waals surface area contributed by atoms with E-state index in [1.807, 2.05) is 61.5 Å². The molecule has 0 saturated carbocycles. The number of anilines is 1. The number of oxazole rings is 1. The first-order valence-corrected chi connectivity index (χ1v) is 9.64. The Morgan fingerprint density at radius 3 is 2.66 bits per heavy atom. The summed E-state index contributed by atoms with van der Waals surface area (Å²) in [6, 6.07) is 17.2. The first-order chi connectivity index (χ1) is 14.0. The number of rotatable bonds is 4. The van der Waals surface area contributed by atoms with Crippen molar-refractivity contribution in [1.82, 2.24) is 4.98 Å². The van der Waals surface area contributed by atoms with E-state index in [4.69, 9.17) is 9.15 Å². The lowest BCUT2D eigenvalue weighted by atomic mass is 9.96. The van der Waals surface area contributed by atoms with E-state index in [-0.39, 0.29) is 24.2 Å². The summed E-state index contributed by atoms with van der Waals surface area (Å²) < 4.78 is 10.9. The molecule has 0 aliphatic carbocycles. The van der Waals surface area contributed by atoms with Crippen LogP contribution in [0.3, 0.4) is 0 Å². The molecule has 1 atom stereocenters. The third-order valence-corrected chi connectivity index (χ3v) is 5.13. The Morgan fingerprint density at radius 2 is 1.86 bits per heavy atom. The minimum atomic E-state index is -0.667. The Labute approximate surface area is 169 Å². The van der Waals surface area contributed by atoms with Gasteiger partial charge in [-0.05, 0) is 50.5 Å². The normalized spacial score (nSPS) is 15.7. The largest absolute Gasteiger partial charge is 0.451 e. The van der Waals surface area contributed by atoms with Crippen LogP contribution in [0.4, 0.5) is 5.69 Å². The van der Waals surface area contributed by atoms with E-state index in [9.17, 15) is 9.59 Å². The monoisotopic (exact) mass is 390 g/mol. The third-order valence-electron chi connectivity index (χ3n) is 5.13. The standard InChI is InChI=1S/C23H22N2O4/c1-15-12-13-17-8-6-7-11-19(17)25(15)20(26)14-28-23(27)21-16(2)29-22(24-21)18-9-4-3-5-10-18/h3-11,15H,12-14H2,1-2H3/t15-/m0/s1. The van der Waals surface area contributed by atoms with Gasteiger partial charge in [-0.1, -0.05) is 36.4 Å². The predicted molar refractivity (Wildman–Crippen MR) is 109 cm³/mol. The fourth-order valence-electron chi connectivity index (χ4n) is 3.62. The Kier molecular flexibility index (Phi) is 5.16. The number of aryl methyl sites for hydroxylation is 2. The molecule has 4 rings (SSSR count). The number of carbonyl (C=O) groups excluding carboxylic acids is 2. The molecular formula is C23H22N2O4. The van der Waals surface area contributed by atoms with Gasteiger partial charge in [0, 0.05) is 17.3 Å². The van der Waals surface area contributed by atoms with Gasteiger partial charge in [-0.15, -0.1) is 0 Å². The van der Waals surface area contributed by atoms with Crippen molar-refractivity contribution in [3.8, 4) is 11.5 Å². The van der Waals surface area contributed by atoms with Crippen LogP contribution in [0, 0.1) is 6.92 Å². The molecule has 0 spiro atoms. The van der Waals surface area contributed by atoms with Crippen LogP contribution < -0.4 is 4.90 Å². The summed E-state index contributed by atoms with van der Waals surface area (Å²) in [5.74, 6) is -0.208. The molecule has 1 aliphatic rings. The van der Waals surface area contributed by atoms with Gasteiger partial charge >= 0.3 is 5.97 Å². The summed E-state index contributed by atoms with van der Waals surface area (Å²) in [4.78, 5) is 31.3. The number of benzene rings is 2. The summed E-state index contributed by atoms with van der Waals surface area (Å²) in [5, 5.41) is 0. The van der Waals surface area contributed by atoms with Gasteiger partial charge in [-0.25, -0.2) is 9.78 Å². The Bertz CT molecular complexity index is 1040. The molecule has 0 saturated heterocycles. The number of para-hydroxylation sites is 1. The second-order valence-electron chi connectivity index (χ2n) is 7.15. The third kappa shape index (κ3) is 3.78. The topological polar surface area (TPSA) is 72.6 Å². The van der Waals surface area contributed by atoms with Crippen molar-refractivity contribution in [3.63, 3.8) is 0 Å². The molecule has 0 radical (unpaired) electrons. The number of hydrogen-bond acceptors (Lipinski definition) is 5. The maximum absolute atomic E-state index is 12.8. The van der Waals surface area contributed by atoms with E-state index in [1.165, 1.54) is 0 Å². The van der Waals surface area contributed by atoms with E-state index in [1.54, 1.807) is 11.8 Å². The molecule has 29 heavy (non-hydrogen) atoms. The zero-order valence-corrected chi connectivity index (χ0v) is 16.4. The first kappa shape index (κ1) is 18.9. The molecule has 0 fully saturated rings. The predicted octanol–water partition coefficient (Wildman–Crippen LogP) is 4.17. The van der Waals surface area contributed by atoms with Gasteiger partial charge in [-0.2, -0.15) is 0 Å². The highest BCUT2D eigenvalue weighted by molar-refractivity contribution is 5.98. The van der Waals surface area contributed by atoms with Gasteiger partial charge < -0.3 is 14.1 Å². The molecular weight excluding hydrogens is 368 g/mol. The van der Waals surface area contributed by atoms with Crippen LogP contribution in [-0.2, 0) is 16.0 Å². The second kappa shape index (κ2) is 7.91. The molecule has 2 heterocycles. The zero-order chi connectivity index (χ0) is 20.4. The van der Waals surface area contributed by atoms with Crippen molar-refractivity contribution < 1.29 is 18.7 Å². The number of fused-ring (bicyclic) bond motifs is 1. The first-order valence-electron chi connectivity index (χ1n) is 9.64. The molecule has 1 amide bonds. The average Bonchev–Trinajstić information content (AvgIpc) is 3.14. The average molecular weight is 390 g/mol. The molecule has 148 valence electrons. The van der Waals surface area contributed by atoms with E-state index >= 15 is 0 Å². The minimum Gasteiger partial charge on any atom is -0.451 e. The van der Waals surface area contributed by atoms with Gasteiger partial charge in [0.05, 0.1) is 0 Å². The van der Waals surface area contributed by atoms with Crippen LogP contribution >= 0.6 is 0 Å². The summed E-state index contributed by atoms with van der Waals surface area (Å²) in [6.07, 6.45) is 1.81. The van der Waals surface area contributed by atoms with Crippen LogP contribution in [0.15, 0.2) is 59.0 Å². The van der Waals surface area contributed by atoms with E-state index < -0.39 is 5.97 Å². The number of ether oxygens (including phenoxy) is 1. The van der Waals surface area contributed by atoms with Crippen LogP contribution in [0.2, 0.25) is 0 Å².